The molecule has 1 nitrogen and oxygen atoms in total. The summed E-state index contributed by atoms with van der Waals surface area (Å²) in [5, 5.41) is 0. The van der Waals surface area contributed by atoms with Crippen molar-refractivity contribution in [2.75, 3.05) is 0 Å². The van der Waals surface area contributed by atoms with Crippen LogP contribution in [0, 0.1) is 0 Å². The second-order valence-electron chi connectivity index (χ2n) is 1.56. The molecule has 0 heterocycles. The van der Waals surface area contributed by atoms with E-state index in [0.717, 1.165) is 0 Å². The van der Waals surface area contributed by atoms with Crippen molar-refractivity contribution in [3.8, 4) is 0 Å². The number of alkyl halides is 6. The predicted octanol–water partition coefficient (Wildman–Crippen LogP) is 2.07. The summed E-state index contributed by atoms with van der Waals surface area (Å²) >= 11 is 0. The summed E-state index contributed by atoms with van der Waals surface area (Å²) in [5.74, 6) is 0. The van der Waals surface area contributed by atoms with E-state index in [1.165, 1.54) is 0 Å². The van der Waals surface area contributed by atoms with Gasteiger partial charge in [0.25, 0.3) is 0 Å². The van der Waals surface area contributed by atoms with E-state index in [1.54, 1.807) is 0 Å². The van der Waals surface area contributed by atoms with Crippen LogP contribution >= 0.6 is 0 Å². The third-order valence-corrected chi connectivity index (χ3v) is 0.705. The molecule has 0 aromatic heterocycles. The lowest BCUT2D eigenvalue weighted by molar-refractivity contribution is -0.248. The zero-order valence-electron chi connectivity index (χ0n) is 4.42. The molecular weight excluding hydrogens is 176 g/mol. The Bertz CT molecular complexity index is 98.7. The lowest BCUT2D eigenvalue weighted by Crippen LogP contribution is -2.49. The molecule has 0 aromatic carbocycles. The Morgan fingerprint density at radius 3 is 1.00 bits per heavy atom. The smallest absolute Gasteiger partial charge is 0.313 e. The third kappa shape index (κ3) is 4.07. The molecule has 70 valence electrons. The molecule has 0 unspecified atom stereocenters. The van der Waals surface area contributed by atoms with Crippen molar-refractivity contribution in [2.45, 2.75) is 25.8 Å². The number of halogens is 6. The van der Waals surface area contributed by atoms with Crippen LogP contribution in [0.5, 0.6) is 0 Å². The van der Waals surface area contributed by atoms with Crippen LogP contribution in [0.4, 0.5) is 26.3 Å². The van der Waals surface area contributed by atoms with E-state index in [2.05, 4.69) is 5.73 Å². The summed E-state index contributed by atoms with van der Waals surface area (Å²) in [5.41, 5.74) is 3.78. The molecule has 0 aliphatic heterocycles. The molecule has 0 radical (unpaired) electrons. The number of rotatable bonds is 0. The first-order valence-corrected chi connectivity index (χ1v) is 2.04. The van der Waals surface area contributed by atoms with Crippen molar-refractivity contribution in [3.05, 3.63) is 0 Å². The topological polar surface area (TPSA) is 26.0 Å². The molecule has 0 aromatic rings. The molecule has 0 fully saturated rings. The van der Waals surface area contributed by atoms with Crippen LogP contribution in [0.25, 0.3) is 0 Å². The predicted molar refractivity (Wildman–Crippen MR) is 26.8 cm³/mol. The Labute approximate surface area is 59.2 Å². The number of hydrogen-bond acceptors (Lipinski definition) is 1. The van der Waals surface area contributed by atoms with Crippen LogP contribution in [0.3, 0.4) is 0 Å². The van der Waals surface area contributed by atoms with E-state index in [0.29, 0.717) is 0 Å². The van der Waals surface area contributed by atoms with Gasteiger partial charge in [0, 0.05) is 0 Å². The fraction of sp³-hybridized carbons (Fsp3) is 1.00. The van der Waals surface area contributed by atoms with Crippen molar-refractivity contribution in [1.29, 1.82) is 0 Å². The van der Waals surface area contributed by atoms with Crippen molar-refractivity contribution in [2.24, 2.45) is 5.73 Å². The molecule has 0 saturated carbocycles. The normalized spacial score (nSPS) is 13.1. The second-order valence-corrected chi connectivity index (χ2v) is 1.56. The van der Waals surface area contributed by atoms with Crippen LogP contribution in [0.2, 0.25) is 0 Å². The van der Waals surface area contributed by atoms with Crippen LogP contribution in [0.15, 0.2) is 0 Å². The zero-order chi connectivity index (χ0) is 8.58. The Hall–Kier alpha value is -0.460. The van der Waals surface area contributed by atoms with E-state index in [1.807, 2.05) is 0 Å². The molecule has 0 aliphatic carbocycles. The van der Waals surface area contributed by atoms with Gasteiger partial charge >= 0.3 is 12.4 Å². The summed E-state index contributed by atoms with van der Waals surface area (Å²) < 4.78 is 66.6. The van der Waals surface area contributed by atoms with Gasteiger partial charge in [-0.1, -0.05) is 7.43 Å². The maximum atomic E-state index is 11.1. The van der Waals surface area contributed by atoms with Crippen LogP contribution in [0.1, 0.15) is 7.43 Å². The maximum Gasteiger partial charge on any atom is 0.412 e. The van der Waals surface area contributed by atoms with Gasteiger partial charge in [0.15, 0.2) is 6.04 Å². The van der Waals surface area contributed by atoms with Gasteiger partial charge < -0.3 is 5.73 Å². The average molecular weight is 183 g/mol. The van der Waals surface area contributed by atoms with E-state index in [4.69, 9.17) is 0 Å². The van der Waals surface area contributed by atoms with Crippen LogP contribution in [-0.4, -0.2) is 18.4 Å². The Balaban J connectivity index is 0. The van der Waals surface area contributed by atoms with Gasteiger partial charge in [-0.25, -0.2) is 0 Å². The second kappa shape index (κ2) is 3.29. The first kappa shape index (κ1) is 13.2. The van der Waals surface area contributed by atoms with Gasteiger partial charge in [-0.15, -0.1) is 0 Å². The van der Waals surface area contributed by atoms with Gasteiger partial charge in [-0.05, 0) is 0 Å². The molecule has 7 heteroatoms. The molecule has 0 rings (SSSR count). The fourth-order valence-electron chi connectivity index (χ4n) is 0.186. The monoisotopic (exact) mass is 183 g/mol. The summed E-state index contributed by atoms with van der Waals surface area (Å²) in [6.07, 6.45) is -10.8. The minimum Gasteiger partial charge on any atom is -0.313 e. The largest absolute Gasteiger partial charge is 0.412 e. The zero-order valence-corrected chi connectivity index (χ0v) is 4.42. The van der Waals surface area contributed by atoms with Crippen molar-refractivity contribution in [1.82, 2.24) is 0 Å². The lowest BCUT2D eigenvalue weighted by atomic mass is 10.3. The quantitative estimate of drug-likeness (QED) is 0.571. The third-order valence-electron chi connectivity index (χ3n) is 0.705. The van der Waals surface area contributed by atoms with Crippen LogP contribution in [-0.2, 0) is 0 Å². The maximum absolute atomic E-state index is 11.1. The molecule has 0 saturated heterocycles. The standard InChI is InChI=1S/C3H3F6N.CH4/c4-2(5,6)1(10)3(7,8)9;/h1H,10H2;1H4. The Kier molecular flexibility index (Phi) is 3.94. The van der Waals surface area contributed by atoms with Gasteiger partial charge in [0.2, 0.25) is 0 Å². The highest BCUT2D eigenvalue weighted by Gasteiger charge is 2.54. The average Bonchev–Trinajstić information content (AvgIpc) is 1.59. The van der Waals surface area contributed by atoms with Crippen LogP contribution < -0.4 is 5.73 Å². The molecular formula is C4H7F6N. The van der Waals surface area contributed by atoms with Crippen molar-refractivity contribution < 1.29 is 26.3 Å². The van der Waals surface area contributed by atoms with Crippen molar-refractivity contribution in [3.63, 3.8) is 0 Å². The fourth-order valence-corrected chi connectivity index (χ4v) is 0.186. The number of hydrogen-bond donors (Lipinski definition) is 1. The summed E-state index contributed by atoms with van der Waals surface area (Å²) in [6, 6.07) is -3.74. The molecule has 0 aliphatic rings. The Morgan fingerprint density at radius 1 is 0.818 bits per heavy atom. The minimum absolute atomic E-state index is 0. The molecule has 0 spiro atoms. The van der Waals surface area contributed by atoms with E-state index < -0.39 is 18.4 Å². The molecule has 0 bridgehead atoms. The molecule has 11 heavy (non-hydrogen) atoms. The molecule has 0 atom stereocenters. The summed E-state index contributed by atoms with van der Waals surface area (Å²) in [4.78, 5) is 0. The SMILES string of the molecule is C.NC(C(F)(F)F)C(F)(F)F. The van der Waals surface area contributed by atoms with Gasteiger partial charge in [0.05, 0.1) is 0 Å². The molecule has 0 amide bonds. The van der Waals surface area contributed by atoms with E-state index in [9.17, 15) is 26.3 Å². The number of nitrogens with two attached hydrogens (primary N) is 1. The first-order chi connectivity index (χ1) is 4.15. The highest BCUT2D eigenvalue weighted by molar-refractivity contribution is 4.77. The minimum atomic E-state index is -5.40. The molecule has 2 N–H and O–H groups in total. The lowest BCUT2D eigenvalue weighted by Gasteiger charge is -2.17. The first-order valence-electron chi connectivity index (χ1n) is 2.04. The van der Waals surface area contributed by atoms with E-state index in [-0.39, 0.29) is 7.43 Å². The highest BCUT2D eigenvalue weighted by Crippen LogP contribution is 2.30. The van der Waals surface area contributed by atoms with Gasteiger partial charge in [0.1, 0.15) is 0 Å². The van der Waals surface area contributed by atoms with E-state index >= 15 is 0 Å². The highest BCUT2D eigenvalue weighted by atomic mass is 19.4. The summed E-state index contributed by atoms with van der Waals surface area (Å²) in [7, 11) is 0. The van der Waals surface area contributed by atoms with Crippen molar-refractivity contribution >= 4 is 0 Å². The van der Waals surface area contributed by atoms with Gasteiger partial charge in [-0.3, -0.25) is 0 Å². The summed E-state index contributed by atoms with van der Waals surface area (Å²) in [6.45, 7) is 0. The Morgan fingerprint density at radius 2 is 1.00 bits per heavy atom. The van der Waals surface area contributed by atoms with Gasteiger partial charge in [-0.2, -0.15) is 26.3 Å².